The molecule has 1 aromatic heterocycles. The van der Waals surface area contributed by atoms with Crippen LogP contribution in [0.1, 0.15) is 19.3 Å². The zero-order valence-corrected chi connectivity index (χ0v) is 9.77. The highest BCUT2D eigenvalue weighted by Gasteiger charge is 2.47. The molecule has 1 aliphatic heterocycles. The zero-order valence-electron chi connectivity index (χ0n) is 9.77. The number of nitrogens with one attached hydrogen (secondary N) is 1. The molecule has 1 aromatic carbocycles. The first kappa shape index (κ1) is 9.82. The summed E-state index contributed by atoms with van der Waals surface area (Å²) in [5.41, 5.74) is 7.49. The minimum Gasteiger partial charge on any atom is -0.448 e. The first-order chi connectivity index (χ1) is 8.74. The molecule has 0 bridgehead atoms. The Morgan fingerprint density at radius 2 is 2.00 bits per heavy atom. The molecule has 92 valence electrons. The highest BCUT2D eigenvalue weighted by atomic mass is 16.7. The summed E-state index contributed by atoms with van der Waals surface area (Å²) in [5, 5.41) is 6.81. The predicted molar refractivity (Wildman–Crippen MR) is 66.3 cm³/mol. The fourth-order valence-corrected chi connectivity index (χ4v) is 2.42. The number of anilines is 1. The Kier molecular flexibility index (Phi) is 1.74. The van der Waals surface area contributed by atoms with Gasteiger partial charge in [-0.25, -0.2) is 0 Å². The minimum absolute atomic E-state index is 0.381. The molecule has 0 unspecified atom stereocenters. The van der Waals surface area contributed by atoms with Crippen LogP contribution < -0.4 is 15.2 Å². The maximum absolute atomic E-state index is 5.91. The summed E-state index contributed by atoms with van der Waals surface area (Å²) >= 11 is 0. The van der Waals surface area contributed by atoms with Gasteiger partial charge >= 0.3 is 0 Å². The van der Waals surface area contributed by atoms with E-state index in [-0.39, 0.29) is 5.79 Å². The van der Waals surface area contributed by atoms with Crippen molar-refractivity contribution < 1.29 is 9.47 Å². The van der Waals surface area contributed by atoms with Gasteiger partial charge in [-0.2, -0.15) is 5.10 Å². The molecule has 1 spiro atoms. The second-order valence-electron chi connectivity index (χ2n) is 4.84. The quantitative estimate of drug-likeness (QED) is 0.806. The second-order valence-corrected chi connectivity index (χ2v) is 4.84. The van der Waals surface area contributed by atoms with Gasteiger partial charge in [-0.1, -0.05) is 0 Å². The van der Waals surface area contributed by atoms with E-state index < -0.39 is 0 Å². The lowest BCUT2D eigenvalue weighted by molar-refractivity contribution is -0.138. The fourth-order valence-electron chi connectivity index (χ4n) is 2.42. The van der Waals surface area contributed by atoms with E-state index in [1.807, 2.05) is 18.2 Å². The molecule has 0 saturated heterocycles. The molecule has 4 rings (SSSR count). The topological polar surface area (TPSA) is 73.2 Å². The Bertz CT molecular complexity index is 616. The van der Waals surface area contributed by atoms with Crippen molar-refractivity contribution in [3.63, 3.8) is 0 Å². The van der Waals surface area contributed by atoms with E-state index in [1.165, 1.54) is 0 Å². The van der Waals surface area contributed by atoms with Gasteiger partial charge in [0.25, 0.3) is 5.79 Å². The summed E-state index contributed by atoms with van der Waals surface area (Å²) in [4.78, 5) is 0. The number of fused-ring (bicyclic) bond motifs is 1. The predicted octanol–water partition coefficient (Wildman–Crippen LogP) is 2.31. The third-order valence-corrected chi connectivity index (χ3v) is 3.56. The first-order valence-corrected chi connectivity index (χ1v) is 6.07. The van der Waals surface area contributed by atoms with Crippen molar-refractivity contribution in [2.75, 3.05) is 5.73 Å². The van der Waals surface area contributed by atoms with E-state index in [1.54, 1.807) is 6.07 Å². The van der Waals surface area contributed by atoms with Crippen molar-refractivity contribution in [1.29, 1.82) is 0 Å². The van der Waals surface area contributed by atoms with Gasteiger partial charge in [0.1, 0.15) is 5.82 Å². The van der Waals surface area contributed by atoms with Crippen LogP contribution in [0.2, 0.25) is 0 Å². The number of rotatable bonds is 1. The summed E-state index contributed by atoms with van der Waals surface area (Å²) < 4.78 is 11.8. The van der Waals surface area contributed by atoms with Crippen molar-refractivity contribution in [2.24, 2.45) is 0 Å². The number of nitrogen functional groups attached to an aromatic ring is 1. The largest absolute Gasteiger partial charge is 0.448 e. The van der Waals surface area contributed by atoms with Crippen LogP contribution in [0.4, 0.5) is 5.82 Å². The Labute approximate surface area is 104 Å². The average molecular weight is 243 g/mol. The number of hydrogen-bond donors (Lipinski definition) is 2. The molecule has 0 atom stereocenters. The molecule has 5 nitrogen and oxygen atoms in total. The Morgan fingerprint density at radius 1 is 1.17 bits per heavy atom. The van der Waals surface area contributed by atoms with Crippen molar-refractivity contribution in [1.82, 2.24) is 10.2 Å². The van der Waals surface area contributed by atoms with Gasteiger partial charge in [0.15, 0.2) is 11.5 Å². The maximum atomic E-state index is 5.91. The summed E-state index contributed by atoms with van der Waals surface area (Å²) in [7, 11) is 0. The lowest BCUT2D eigenvalue weighted by Gasteiger charge is -2.35. The maximum Gasteiger partial charge on any atom is 0.251 e. The van der Waals surface area contributed by atoms with Gasteiger partial charge < -0.3 is 15.2 Å². The SMILES string of the molecule is Nc1cc(-c2ccc3c(c2)OC2(CCC2)O3)[nH]n1. The molecule has 0 amide bonds. The minimum atomic E-state index is -0.381. The lowest BCUT2D eigenvalue weighted by Crippen LogP contribution is -2.45. The van der Waals surface area contributed by atoms with E-state index in [0.717, 1.165) is 42.0 Å². The number of ether oxygens (including phenoxy) is 2. The Balaban J connectivity index is 1.71. The van der Waals surface area contributed by atoms with Crippen LogP contribution in [-0.4, -0.2) is 16.0 Å². The van der Waals surface area contributed by atoms with Crippen molar-refractivity contribution >= 4 is 5.82 Å². The number of benzene rings is 1. The van der Waals surface area contributed by atoms with Gasteiger partial charge in [0.2, 0.25) is 0 Å². The van der Waals surface area contributed by atoms with Crippen molar-refractivity contribution in [3.8, 4) is 22.8 Å². The van der Waals surface area contributed by atoms with E-state index >= 15 is 0 Å². The average Bonchev–Trinajstić information content (AvgIpc) is 2.90. The molecular formula is C13H13N3O2. The highest BCUT2D eigenvalue weighted by molar-refractivity contribution is 5.66. The van der Waals surface area contributed by atoms with E-state index in [4.69, 9.17) is 15.2 Å². The lowest BCUT2D eigenvalue weighted by atomic mass is 9.91. The van der Waals surface area contributed by atoms with Crippen LogP contribution in [0.3, 0.4) is 0 Å². The molecule has 2 aliphatic rings. The normalized spacial score (nSPS) is 18.9. The number of H-pyrrole nitrogens is 1. The van der Waals surface area contributed by atoms with Gasteiger partial charge in [-0.3, -0.25) is 5.10 Å². The van der Waals surface area contributed by atoms with E-state index in [0.29, 0.717) is 5.82 Å². The van der Waals surface area contributed by atoms with E-state index in [2.05, 4.69) is 10.2 Å². The first-order valence-electron chi connectivity index (χ1n) is 6.07. The zero-order chi connectivity index (χ0) is 12.2. The Morgan fingerprint density at radius 3 is 2.67 bits per heavy atom. The van der Waals surface area contributed by atoms with Crippen molar-refractivity contribution in [3.05, 3.63) is 24.3 Å². The number of hydrogen-bond acceptors (Lipinski definition) is 4. The monoisotopic (exact) mass is 243 g/mol. The van der Waals surface area contributed by atoms with E-state index in [9.17, 15) is 0 Å². The number of nitrogens with two attached hydrogens (primary N) is 1. The molecule has 3 N–H and O–H groups in total. The molecule has 2 aromatic rings. The molecule has 1 saturated carbocycles. The molecule has 0 radical (unpaired) electrons. The third kappa shape index (κ3) is 1.30. The van der Waals surface area contributed by atoms with Crippen LogP contribution in [0.15, 0.2) is 24.3 Å². The van der Waals surface area contributed by atoms with Gasteiger partial charge in [-0.05, 0) is 24.6 Å². The summed E-state index contributed by atoms with van der Waals surface area (Å²) in [6, 6.07) is 7.69. The molecule has 1 fully saturated rings. The number of aromatic nitrogens is 2. The van der Waals surface area contributed by atoms with Gasteiger partial charge in [0.05, 0.1) is 5.69 Å². The molecular weight excluding hydrogens is 230 g/mol. The van der Waals surface area contributed by atoms with Gasteiger partial charge in [-0.15, -0.1) is 0 Å². The standard InChI is InChI=1S/C13H13N3O2/c14-12-7-9(15-16-12)8-2-3-10-11(6-8)18-13(17-10)4-1-5-13/h2-3,6-7H,1,4-5H2,(H3,14,15,16). The fraction of sp³-hybridized carbons (Fsp3) is 0.308. The summed E-state index contributed by atoms with van der Waals surface area (Å²) in [6.07, 6.45) is 3.10. The van der Waals surface area contributed by atoms with Crippen LogP contribution in [-0.2, 0) is 0 Å². The van der Waals surface area contributed by atoms with Gasteiger partial charge in [0, 0.05) is 24.5 Å². The smallest absolute Gasteiger partial charge is 0.251 e. The second kappa shape index (κ2) is 3.19. The molecule has 18 heavy (non-hydrogen) atoms. The highest BCUT2D eigenvalue weighted by Crippen LogP contribution is 2.49. The number of nitrogens with zero attached hydrogens (tertiary/aromatic N) is 1. The van der Waals surface area contributed by atoms with Crippen molar-refractivity contribution in [2.45, 2.75) is 25.0 Å². The summed E-state index contributed by atoms with van der Waals surface area (Å²) in [6.45, 7) is 0. The third-order valence-electron chi connectivity index (χ3n) is 3.56. The summed E-state index contributed by atoms with van der Waals surface area (Å²) in [5.74, 6) is 1.73. The Hall–Kier alpha value is -2.17. The molecule has 1 aliphatic carbocycles. The molecule has 5 heteroatoms. The van der Waals surface area contributed by atoms with Crippen LogP contribution in [0.5, 0.6) is 11.5 Å². The molecule has 2 heterocycles. The van der Waals surface area contributed by atoms with Crippen LogP contribution >= 0.6 is 0 Å². The van der Waals surface area contributed by atoms with Crippen LogP contribution in [0.25, 0.3) is 11.3 Å². The number of aromatic amines is 1. The van der Waals surface area contributed by atoms with Crippen LogP contribution in [0, 0.1) is 0 Å².